The van der Waals surface area contributed by atoms with E-state index in [0.29, 0.717) is 17.0 Å². The number of carbonyl (C=O) groups excluding carboxylic acids is 2. The summed E-state index contributed by atoms with van der Waals surface area (Å²) in [5.41, 5.74) is 0.693. The molecule has 25 heavy (non-hydrogen) atoms. The van der Waals surface area contributed by atoms with Gasteiger partial charge < -0.3 is 5.32 Å². The second kappa shape index (κ2) is 8.42. The number of halogens is 1. The molecule has 0 radical (unpaired) electrons. The molecule has 7 heteroatoms. The first-order valence-corrected chi connectivity index (χ1v) is 10.2. The number of carbonyl (C=O) groups is 2. The lowest BCUT2D eigenvalue weighted by Crippen LogP contribution is -2.24. The van der Waals surface area contributed by atoms with E-state index in [1.807, 2.05) is 16.8 Å². The summed E-state index contributed by atoms with van der Waals surface area (Å²) < 4.78 is 12.8. The summed E-state index contributed by atoms with van der Waals surface area (Å²) in [7, 11) is 0. The van der Waals surface area contributed by atoms with Crippen molar-refractivity contribution >= 4 is 46.1 Å². The van der Waals surface area contributed by atoms with Crippen LogP contribution < -0.4 is 5.32 Å². The van der Waals surface area contributed by atoms with Crippen molar-refractivity contribution in [2.24, 2.45) is 0 Å². The Morgan fingerprint density at radius 2 is 1.88 bits per heavy atom. The number of hydrogen-bond acceptors (Lipinski definition) is 5. The fraction of sp³-hybridized carbons (Fsp3) is 0.111. The van der Waals surface area contributed by atoms with Crippen molar-refractivity contribution < 1.29 is 14.0 Å². The molecule has 1 amide bonds. The van der Waals surface area contributed by atoms with Gasteiger partial charge in [0.2, 0.25) is 11.7 Å². The molecular formula is C18H14FNO2S3. The van der Waals surface area contributed by atoms with Crippen LogP contribution in [0.15, 0.2) is 58.1 Å². The highest BCUT2D eigenvalue weighted by atomic mass is 32.2. The van der Waals surface area contributed by atoms with E-state index in [4.69, 9.17) is 0 Å². The predicted molar refractivity (Wildman–Crippen MR) is 101 cm³/mol. The maximum Gasteiger partial charge on any atom is 0.230 e. The Hall–Kier alpha value is -1.96. The van der Waals surface area contributed by atoms with Gasteiger partial charge in [0, 0.05) is 20.7 Å². The van der Waals surface area contributed by atoms with Crippen LogP contribution in [0.4, 0.5) is 4.39 Å². The summed E-state index contributed by atoms with van der Waals surface area (Å²) in [5, 5.41) is 6.54. The van der Waals surface area contributed by atoms with Crippen LogP contribution in [0.3, 0.4) is 0 Å². The molecule has 0 spiro atoms. The molecular weight excluding hydrogens is 377 g/mol. The van der Waals surface area contributed by atoms with Crippen molar-refractivity contribution in [3.63, 3.8) is 0 Å². The minimum absolute atomic E-state index is 0.00990. The first kappa shape index (κ1) is 17.8. The molecule has 3 rings (SSSR count). The van der Waals surface area contributed by atoms with Gasteiger partial charge in [-0.3, -0.25) is 9.59 Å². The van der Waals surface area contributed by atoms with Crippen LogP contribution >= 0.6 is 34.4 Å². The minimum atomic E-state index is -0.292. The van der Waals surface area contributed by atoms with Gasteiger partial charge in [0.15, 0.2) is 0 Å². The summed E-state index contributed by atoms with van der Waals surface area (Å²) in [4.78, 5) is 26.6. The highest BCUT2D eigenvalue weighted by Gasteiger charge is 2.12. The van der Waals surface area contributed by atoms with Gasteiger partial charge >= 0.3 is 0 Å². The zero-order valence-corrected chi connectivity index (χ0v) is 15.5. The fourth-order valence-corrected chi connectivity index (χ4v) is 4.32. The summed E-state index contributed by atoms with van der Waals surface area (Å²) in [5.74, 6) is -0.124. The molecule has 2 heterocycles. The van der Waals surface area contributed by atoms with E-state index in [1.165, 1.54) is 46.6 Å². The van der Waals surface area contributed by atoms with Crippen molar-refractivity contribution in [2.75, 3.05) is 5.75 Å². The first-order valence-electron chi connectivity index (χ1n) is 7.42. The van der Waals surface area contributed by atoms with Crippen LogP contribution in [0.2, 0.25) is 0 Å². The van der Waals surface area contributed by atoms with Crippen LogP contribution in [0.25, 0.3) is 0 Å². The maximum atomic E-state index is 12.8. The second-order valence-corrected chi connectivity index (χ2v) is 8.12. The van der Waals surface area contributed by atoms with Gasteiger partial charge in [-0.2, -0.15) is 11.3 Å². The van der Waals surface area contributed by atoms with Gasteiger partial charge in [0.25, 0.3) is 0 Å². The number of benzene rings is 1. The summed E-state index contributed by atoms with van der Waals surface area (Å²) in [6.07, 6.45) is 0. The number of amides is 1. The first-order chi connectivity index (χ1) is 12.1. The van der Waals surface area contributed by atoms with Crippen LogP contribution in [0.1, 0.15) is 20.1 Å². The lowest BCUT2D eigenvalue weighted by Gasteiger charge is -2.04. The number of hydrogen-bond donors (Lipinski definition) is 1. The van der Waals surface area contributed by atoms with E-state index in [1.54, 1.807) is 24.3 Å². The van der Waals surface area contributed by atoms with Gasteiger partial charge in [-0.1, -0.05) is 0 Å². The van der Waals surface area contributed by atoms with E-state index in [9.17, 15) is 14.0 Å². The smallest absolute Gasteiger partial charge is 0.230 e. The monoisotopic (exact) mass is 391 g/mol. The molecule has 0 unspecified atom stereocenters. The highest BCUT2D eigenvalue weighted by molar-refractivity contribution is 8.00. The van der Waals surface area contributed by atoms with E-state index < -0.39 is 0 Å². The summed E-state index contributed by atoms with van der Waals surface area (Å²) >= 11 is 4.23. The Balaban J connectivity index is 1.47. The van der Waals surface area contributed by atoms with E-state index >= 15 is 0 Å². The van der Waals surface area contributed by atoms with Crippen molar-refractivity contribution in [2.45, 2.75) is 11.4 Å². The molecule has 3 nitrogen and oxygen atoms in total. The van der Waals surface area contributed by atoms with Gasteiger partial charge in [0.1, 0.15) is 5.82 Å². The van der Waals surface area contributed by atoms with Crippen LogP contribution in [0.5, 0.6) is 0 Å². The third-order valence-electron chi connectivity index (χ3n) is 3.31. The van der Waals surface area contributed by atoms with Crippen LogP contribution in [-0.4, -0.2) is 17.4 Å². The molecule has 0 saturated heterocycles. The average Bonchev–Trinajstić information content (AvgIpc) is 3.30. The standard InChI is InChI=1S/C18H14FNO2S3/c19-13-1-3-14(4-2-13)24-11-17(21)20-9-15-5-6-16(25-15)18(22)12-7-8-23-10-12/h1-8,10H,9,11H2,(H,20,21). The molecule has 0 bridgehead atoms. The number of rotatable bonds is 7. The van der Waals surface area contributed by atoms with Gasteiger partial charge in [-0.25, -0.2) is 4.39 Å². The topological polar surface area (TPSA) is 46.2 Å². The molecule has 3 aromatic rings. The Kier molecular flexibility index (Phi) is 6.01. The molecule has 0 saturated carbocycles. The largest absolute Gasteiger partial charge is 0.350 e. The normalized spacial score (nSPS) is 10.6. The van der Waals surface area contributed by atoms with E-state index in [2.05, 4.69) is 5.32 Å². The molecule has 1 aromatic carbocycles. The molecule has 128 valence electrons. The van der Waals surface area contributed by atoms with Crippen molar-refractivity contribution in [1.82, 2.24) is 5.32 Å². The van der Waals surface area contributed by atoms with Crippen molar-refractivity contribution in [1.29, 1.82) is 0 Å². The number of nitrogens with one attached hydrogen (secondary N) is 1. The third kappa shape index (κ3) is 5.01. The number of thiophene rings is 2. The molecule has 0 fully saturated rings. The SMILES string of the molecule is O=C(CSc1ccc(F)cc1)NCc1ccc(C(=O)c2ccsc2)s1. The second-order valence-electron chi connectivity index (χ2n) is 5.13. The average molecular weight is 392 g/mol. The third-order valence-corrected chi connectivity index (χ3v) is 6.09. The van der Waals surface area contributed by atoms with Crippen molar-refractivity contribution in [3.8, 4) is 0 Å². The minimum Gasteiger partial charge on any atom is -0.350 e. The van der Waals surface area contributed by atoms with Crippen LogP contribution in [0, 0.1) is 5.82 Å². The van der Waals surface area contributed by atoms with Gasteiger partial charge in [0.05, 0.1) is 17.2 Å². The Labute approximate surface area is 156 Å². The molecule has 0 aliphatic rings. The fourth-order valence-electron chi connectivity index (χ4n) is 2.05. The Morgan fingerprint density at radius 1 is 1.08 bits per heavy atom. The molecule has 2 aromatic heterocycles. The Bertz CT molecular complexity index is 857. The number of ketones is 1. The quantitative estimate of drug-likeness (QED) is 0.473. The van der Waals surface area contributed by atoms with Gasteiger partial charge in [-0.05, 0) is 47.8 Å². The molecule has 1 N–H and O–H groups in total. The zero-order chi connectivity index (χ0) is 17.6. The molecule has 0 atom stereocenters. The summed E-state index contributed by atoms with van der Waals surface area (Å²) in [6.45, 7) is 0.393. The molecule has 0 aliphatic carbocycles. The maximum absolute atomic E-state index is 12.8. The van der Waals surface area contributed by atoms with Crippen molar-refractivity contribution in [3.05, 3.63) is 74.4 Å². The zero-order valence-electron chi connectivity index (χ0n) is 13.0. The number of thioether (sulfide) groups is 1. The van der Waals surface area contributed by atoms with E-state index in [-0.39, 0.29) is 23.3 Å². The van der Waals surface area contributed by atoms with Gasteiger partial charge in [-0.15, -0.1) is 23.1 Å². The summed E-state index contributed by atoms with van der Waals surface area (Å²) in [6, 6.07) is 11.5. The Morgan fingerprint density at radius 3 is 2.60 bits per heavy atom. The van der Waals surface area contributed by atoms with E-state index in [0.717, 1.165) is 9.77 Å². The molecule has 0 aliphatic heterocycles. The predicted octanol–water partition coefficient (Wildman–Crippen LogP) is 4.59. The lowest BCUT2D eigenvalue weighted by molar-refractivity contribution is -0.118. The van der Waals surface area contributed by atoms with Crippen LogP contribution in [-0.2, 0) is 11.3 Å². The highest BCUT2D eigenvalue weighted by Crippen LogP contribution is 2.21. The lowest BCUT2D eigenvalue weighted by atomic mass is 10.2.